The molecule has 0 aliphatic heterocycles. The Morgan fingerprint density at radius 3 is 2.59 bits per heavy atom. The number of hydrogen-bond donors (Lipinski definition) is 3. The van der Waals surface area contributed by atoms with Crippen molar-refractivity contribution in [2.45, 2.75) is 19.8 Å². The quantitative estimate of drug-likeness (QED) is 0.292. The number of hydrogen-bond acceptors (Lipinski definition) is 4. The number of aromatic nitrogens is 1. The molecule has 0 radical (unpaired) electrons. The minimum atomic E-state index is -0.416. The van der Waals surface area contributed by atoms with E-state index in [0.29, 0.717) is 25.5 Å². The van der Waals surface area contributed by atoms with E-state index in [-0.39, 0.29) is 29.8 Å². The first-order chi connectivity index (χ1) is 12.5. The smallest absolute Gasteiger partial charge is 0.222 e. The largest absolute Gasteiger partial charge is 0.369 e. The summed E-state index contributed by atoms with van der Waals surface area (Å²) in [5.41, 5.74) is 6.36. The Morgan fingerprint density at radius 2 is 2.04 bits per heavy atom. The zero-order valence-electron chi connectivity index (χ0n) is 15.4. The molecule has 0 bridgehead atoms. The maximum Gasteiger partial charge on any atom is 0.222 e. The molecule has 1 aromatic carbocycles. The van der Waals surface area contributed by atoms with Crippen molar-refractivity contribution in [3.05, 3.63) is 51.7 Å². The molecule has 2 rings (SSSR count). The zero-order valence-corrected chi connectivity index (χ0v) is 18.5. The number of carbonyl (C=O) groups is 1. The van der Waals surface area contributed by atoms with Crippen LogP contribution in [0.25, 0.3) is 0 Å². The standard InChI is InChI=1S/C18H24FN5OS.HI/c1-12-10-23-16(26-12)7-8-22-18(21-2)24-11-14(17(20)25)9-13-3-5-15(19)6-4-13;/h3-6,10,14H,7-9,11H2,1-2H3,(H2,20,25)(H2,21,22,24);1H. The SMILES string of the molecule is CN=C(NCCc1ncc(C)s1)NCC(Cc1ccc(F)cc1)C(N)=O.I. The van der Waals surface area contributed by atoms with Gasteiger partial charge in [-0.15, -0.1) is 35.3 Å². The summed E-state index contributed by atoms with van der Waals surface area (Å²) >= 11 is 1.67. The van der Waals surface area contributed by atoms with Gasteiger partial charge in [0.2, 0.25) is 5.91 Å². The van der Waals surface area contributed by atoms with Gasteiger partial charge < -0.3 is 16.4 Å². The topological polar surface area (TPSA) is 92.4 Å². The van der Waals surface area contributed by atoms with Gasteiger partial charge in [-0.1, -0.05) is 12.1 Å². The maximum absolute atomic E-state index is 13.0. The summed E-state index contributed by atoms with van der Waals surface area (Å²) in [6, 6.07) is 6.08. The number of guanidine groups is 1. The van der Waals surface area contributed by atoms with E-state index in [9.17, 15) is 9.18 Å². The summed E-state index contributed by atoms with van der Waals surface area (Å²) in [6.07, 6.45) is 3.10. The molecular weight excluding hydrogens is 480 g/mol. The van der Waals surface area contributed by atoms with Gasteiger partial charge in [-0.3, -0.25) is 9.79 Å². The Hall–Kier alpha value is -1.75. The summed E-state index contributed by atoms with van der Waals surface area (Å²) < 4.78 is 13.0. The number of rotatable bonds is 8. The van der Waals surface area contributed by atoms with Crippen LogP contribution in [0.5, 0.6) is 0 Å². The molecule has 1 unspecified atom stereocenters. The first-order valence-electron chi connectivity index (χ1n) is 8.37. The number of nitrogens with one attached hydrogen (secondary N) is 2. The van der Waals surface area contributed by atoms with Crippen molar-refractivity contribution in [1.29, 1.82) is 0 Å². The van der Waals surface area contributed by atoms with E-state index < -0.39 is 11.8 Å². The number of halogens is 2. The molecule has 6 nitrogen and oxygen atoms in total. The van der Waals surface area contributed by atoms with Crippen LogP contribution in [0.2, 0.25) is 0 Å². The zero-order chi connectivity index (χ0) is 18.9. The summed E-state index contributed by atoms with van der Waals surface area (Å²) in [5.74, 6) is -0.526. The van der Waals surface area contributed by atoms with Crippen molar-refractivity contribution < 1.29 is 9.18 Å². The van der Waals surface area contributed by atoms with Gasteiger partial charge in [0.15, 0.2) is 5.96 Å². The lowest BCUT2D eigenvalue weighted by molar-refractivity contribution is -0.121. The van der Waals surface area contributed by atoms with Gasteiger partial charge >= 0.3 is 0 Å². The molecule has 0 spiro atoms. The molecule has 0 saturated heterocycles. The fourth-order valence-electron chi connectivity index (χ4n) is 2.42. The number of nitrogens with zero attached hydrogens (tertiary/aromatic N) is 2. The molecule has 2 aromatic rings. The molecule has 1 heterocycles. The molecule has 0 saturated carbocycles. The molecule has 0 fully saturated rings. The molecule has 0 aliphatic rings. The van der Waals surface area contributed by atoms with Crippen LogP contribution in [0.4, 0.5) is 4.39 Å². The van der Waals surface area contributed by atoms with Crippen molar-refractivity contribution in [2.24, 2.45) is 16.6 Å². The molecule has 1 atom stereocenters. The normalized spacial score (nSPS) is 12.2. The Bertz CT molecular complexity index is 750. The van der Waals surface area contributed by atoms with E-state index in [0.717, 1.165) is 17.0 Å². The number of thiazole rings is 1. The number of aliphatic imine (C=N–C) groups is 1. The molecule has 9 heteroatoms. The van der Waals surface area contributed by atoms with Gasteiger partial charge in [0.05, 0.1) is 10.9 Å². The van der Waals surface area contributed by atoms with Crippen LogP contribution in [0.1, 0.15) is 15.4 Å². The van der Waals surface area contributed by atoms with Crippen LogP contribution >= 0.6 is 35.3 Å². The first-order valence-corrected chi connectivity index (χ1v) is 9.19. The van der Waals surface area contributed by atoms with Gasteiger partial charge in [0, 0.05) is 37.6 Å². The van der Waals surface area contributed by atoms with E-state index in [1.165, 1.54) is 17.0 Å². The second-order valence-electron chi connectivity index (χ2n) is 5.92. The molecule has 0 aliphatic carbocycles. The Kier molecular flexibility index (Phi) is 10.2. The van der Waals surface area contributed by atoms with Crippen molar-refractivity contribution in [2.75, 3.05) is 20.1 Å². The third kappa shape index (κ3) is 8.21. The first kappa shape index (κ1) is 23.3. The highest BCUT2D eigenvalue weighted by Crippen LogP contribution is 2.11. The van der Waals surface area contributed by atoms with E-state index in [1.54, 1.807) is 30.5 Å². The average Bonchev–Trinajstić information content (AvgIpc) is 3.03. The molecule has 1 aromatic heterocycles. The Labute approximate surface area is 179 Å². The Balaban J connectivity index is 0.00000364. The van der Waals surface area contributed by atoms with Gasteiger partial charge in [-0.25, -0.2) is 9.37 Å². The fraction of sp³-hybridized carbons (Fsp3) is 0.389. The van der Waals surface area contributed by atoms with Crippen LogP contribution in [0, 0.1) is 18.7 Å². The number of aryl methyl sites for hydroxylation is 1. The lowest BCUT2D eigenvalue weighted by Crippen LogP contribution is -2.43. The molecule has 1 amide bonds. The van der Waals surface area contributed by atoms with E-state index in [1.807, 2.05) is 13.1 Å². The van der Waals surface area contributed by atoms with E-state index in [4.69, 9.17) is 5.73 Å². The van der Waals surface area contributed by atoms with Gasteiger partial charge in [0.1, 0.15) is 5.82 Å². The van der Waals surface area contributed by atoms with Crippen molar-refractivity contribution >= 4 is 47.2 Å². The summed E-state index contributed by atoms with van der Waals surface area (Å²) in [4.78, 5) is 21.4. The highest BCUT2D eigenvalue weighted by molar-refractivity contribution is 14.0. The molecule has 148 valence electrons. The van der Waals surface area contributed by atoms with Gasteiger partial charge in [-0.2, -0.15) is 0 Å². The third-order valence-electron chi connectivity index (χ3n) is 3.84. The summed E-state index contributed by atoms with van der Waals surface area (Å²) in [6.45, 7) is 3.06. The van der Waals surface area contributed by atoms with Gasteiger partial charge in [0.25, 0.3) is 0 Å². The number of nitrogens with two attached hydrogens (primary N) is 1. The van der Waals surface area contributed by atoms with Crippen molar-refractivity contribution in [3.8, 4) is 0 Å². The van der Waals surface area contributed by atoms with Crippen molar-refractivity contribution in [3.63, 3.8) is 0 Å². The number of primary amides is 1. The lowest BCUT2D eigenvalue weighted by Gasteiger charge is -2.17. The fourth-order valence-corrected chi connectivity index (χ4v) is 3.21. The number of carbonyl (C=O) groups excluding carboxylic acids is 1. The van der Waals surface area contributed by atoms with Crippen LogP contribution in [-0.2, 0) is 17.6 Å². The monoisotopic (exact) mass is 505 g/mol. The average molecular weight is 505 g/mol. The van der Waals surface area contributed by atoms with Crippen LogP contribution < -0.4 is 16.4 Å². The number of amides is 1. The number of benzene rings is 1. The highest BCUT2D eigenvalue weighted by Gasteiger charge is 2.16. The maximum atomic E-state index is 13.0. The van der Waals surface area contributed by atoms with E-state index in [2.05, 4.69) is 20.6 Å². The minimum Gasteiger partial charge on any atom is -0.369 e. The molecule has 4 N–H and O–H groups in total. The predicted octanol–water partition coefficient (Wildman–Crippen LogP) is 2.26. The van der Waals surface area contributed by atoms with E-state index >= 15 is 0 Å². The van der Waals surface area contributed by atoms with Crippen LogP contribution in [0.15, 0.2) is 35.5 Å². The van der Waals surface area contributed by atoms with Crippen LogP contribution in [-0.4, -0.2) is 37.0 Å². The minimum absolute atomic E-state index is 0. The highest BCUT2D eigenvalue weighted by atomic mass is 127. The Morgan fingerprint density at radius 1 is 1.33 bits per heavy atom. The van der Waals surface area contributed by atoms with Gasteiger partial charge in [-0.05, 0) is 31.0 Å². The second kappa shape index (κ2) is 11.9. The third-order valence-corrected chi connectivity index (χ3v) is 4.81. The van der Waals surface area contributed by atoms with Crippen LogP contribution in [0.3, 0.4) is 0 Å². The van der Waals surface area contributed by atoms with Crippen molar-refractivity contribution in [1.82, 2.24) is 15.6 Å². The lowest BCUT2D eigenvalue weighted by atomic mass is 9.98. The predicted molar refractivity (Wildman–Crippen MR) is 118 cm³/mol. The molecular formula is C18H25FIN5OS. The summed E-state index contributed by atoms with van der Waals surface area (Å²) in [7, 11) is 1.67. The molecule has 27 heavy (non-hydrogen) atoms. The second-order valence-corrected chi connectivity index (χ2v) is 7.24. The summed E-state index contributed by atoms with van der Waals surface area (Å²) in [5, 5.41) is 7.38.